The largest absolute Gasteiger partial charge is 0.370 e. The maximum absolute atomic E-state index is 13.7. The molecule has 8 nitrogen and oxygen atoms in total. The number of rotatable bonds is 7. The lowest BCUT2D eigenvalue weighted by Gasteiger charge is -2.26. The third kappa shape index (κ3) is 5.84. The minimum absolute atomic E-state index is 0.0205. The molecule has 3 heterocycles. The first-order valence-corrected chi connectivity index (χ1v) is 11.1. The van der Waals surface area contributed by atoms with Crippen LogP contribution in [0.2, 0.25) is 0 Å². The molecular weight excluding hydrogens is 468 g/mol. The summed E-state index contributed by atoms with van der Waals surface area (Å²) in [6, 6.07) is 5.78. The zero-order chi connectivity index (χ0) is 25.7. The molecule has 0 aliphatic carbocycles. The zero-order valence-electron chi connectivity index (χ0n) is 19.5. The van der Waals surface area contributed by atoms with Crippen LogP contribution in [0.3, 0.4) is 0 Å². The Morgan fingerprint density at radius 1 is 1.14 bits per heavy atom. The van der Waals surface area contributed by atoms with Crippen molar-refractivity contribution in [2.75, 3.05) is 24.7 Å². The van der Waals surface area contributed by atoms with Gasteiger partial charge in [-0.25, -0.2) is 23.4 Å². The first kappa shape index (κ1) is 24.8. The van der Waals surface area contributed by atoms with Crippen LogP contribution in [0, 0.1) is 11.6 Å². The van der Waals surface area contributed by atoms with E-state index in [2.05, 4.69) is 21.6 Å². The number of hydrogen-bond acceptors (Lipinski definition) is 6. The van der Waals surface area contributed by atoms with E-state index in [4.69, 9.17) is 4.74 Å². The fourth-order valence-corrected chi connectivity index (χ4v) is 3.66. The average molecular weight is 491 g/mol. The molecule has 184 valence electrons. The van der Waals surface area contributed by atoms with E-state index in [1.165, 1.54) is 16.8 Å². The maximum atomic E-state index is 13.7. The van der Waals surface area contributed by atoms with Crippen molar-refractivity contribution in [2.45, 2.75) is 13.5 Å². The van der Waals surface area contributed by atoms with Gasteiger partial charge in [0, 0.05) is 29.8 Å². The number of anilines is 1. The topological polar surface area (TPSA) is 90.2 Å². The number of hydrogen-bond donors (Lipinski definition) is 0. The molecule has 10 heteroatoms. The lowest BCUT2D eigenvalue weighted by atomic mass is 10.1. The Labute approximate surface area is 205 Å². The summed E-state index contributed by atoms with van der Waals surface area (Å²) in [5, 5.41) is 4.28. The van der Waals surface area contributed by atoms with Crippen molar-refractivity contribution in [3.05, 3.63) is 101 Å². The van der Waals surface area contributed by atoms with E-state index in [1.54, 1.807) is 35.5 Å². The van der Waals surface area contributed by atoms with Crippen LogP contribution < -0.4 is 10.5 Å². The SMILES string of the molecule is C=C(/C=C(\C=C/C)Cn1nc(-c2cc(F)cc(F)c2)ccc1=O)c1ncc(N2CCOCC2=O)cn1. The van der Waals surface area contributed by atoms with Crippen LogP contribution in [-0.4, -0.2) is 45.4 Å². The van der Waals surface area contributed by atoms with Crippen molar-refractivity contribution in [1.82, 2.24) is 19.7 Å². The van der Waals surface area contributed by atoms with Gasteiger partial charge < -0.3 is 9.64 Å². The Morgan fingerprint density at radius 3 is 2.53 bits per heavy atom. The third-order valence-corrected chi connectivity index (χ3v) is 5.32. The molecule has 1 amide bonds. The summed E-state index contributed by atoms with van der Waals surface area (Å²) in [5.74, 6) is -1.28. The van der Waals surface area contributed by atoms with Gasteiger partial charge in [-0.3, -0.25) is 9.59 Å². The van der Waals surface area contributed by atoms with E-state index in [9.17, 15) is 18.4 Å². The number of ether oxygens (including phenoxy) is 1. The number of benzene rings is 1. The quantitative estimate of drug-likeness (QED) is 0.470. The van der Waals surface area contributed by atoms with Gasteiger partial charge in [0.25, 0.3) is 11.5 Å². The molecule has 0 saturated carbocycles. The molecule has 1 fully saturated rings. The predicted molar refractivity (Wildman–Crippen MR) is 131 cm³/mol. The number of halogens is 2. The first-order chi connectivity index (χ1) is 17.3. The van der Waals surface area contributed by atoms with Gasteiger partial charge in [0.05, 0.1) is 36.9 Å². The summed E-state index contributed by atoms with van der Waals surface area (Å²) in [6.45, 7) is 6.82. The molecular formula is C26H23F2N5O3. The van der Waals surface area contributed by atoms with Crippen LogP contribution in [0.1, 0.15) is 12.7 Å². The molecule has 1 saturated heterocycles. The molecule has 0 bridgehead atoms. The van der Waals surface area contributed by atoms with E-state index in [0.717, 1.165) is 18.2 Å². The molecule has 0 unspecified atom stereocenters. The molecule has 0 radical (unpaired) electrons. The molecule has 0 spiro atoms. The van der Waals surface area contributed by atoms with Crippen molar-refractivity contribution in [3.8, 4) is 11.3 Å². The van der Waals surface area contributed by atoms with Gasteiger partial charge in [-0.1, -0.05) is 18.7 Å². The highest BCUT2D eigenvalue weighted by Crippen LogP contribution is 2.20. The minimum atomic E-state index is -0.737. The van der Waals surface area contributed by atoms with Crippen LogP contribution in [0.4, 0.5) is 14.5 Å². The van der Waals surface area contributed by atoms with Gasteiger partial charge in [-0.05, 0) is 36.8 Å². The van der Waals surface area contributed by atoms with Gasteiger partial charge in [0.15, 0.2) is 5.82 Å². The predicted octanol–water partition coefficient (Wildman–Crippen LogP) is 3.56. The Kier molecular flexibility index (Phi) is 7.55. The summed E-state index contributed by atoms with van der Waals surface area (Å²) >= 11 is 0. The standard InChI is InChI=1S/C26H23F2N5O3/c1-3-4-18(9-17(2)26-29-13-22(14-30-26)32-7-8-36-16-25(32)35)15-33-24(34)6-5-23(31-33)19-10-20(27)12-21(28)11-19/h3-6,9-14H,2,7-8,15-16H2,1H3/b4-3-,18-9+. The summed E-state index contributed by atoms with van der Waals surface area (Å²) < 4.78 is 33.7. The lowest BCUT2D eigenvalue weighted by Crippen LogP contribution is -2.41. The van der Waals surface area contributed by atoms with Crippen LogP contribution >= 0.6 is 0 Å². The Morgan fingerprint density at radius 2 is 1.86 bits per heavy atom. The van der Waals surface area contributed by atoms with Gasteiger partial charge in [0.2, 0.25) is 0 Å². The van der Waals surface area contributed by atoms with Crippen molar-refractivity contribution < 1.29 is 18.3 Å². The molecule has 2 aromatic heterocycles. The Hall–Kier alpha value is -4.31. The maximum Gasteiger partial charge on any atom is 0.267 e. The first-order valence-electron chi connectivity index (χ1n) is 11.1. The lowest BCUT2D eigenvalue weighted by molar-refractivity contribution is -0.125. The van der Waals surface area contributed by atoms with Crippen LogP contribution in [-0.2, 0) is 16.1 Å². The second-order valence-corrected chi connectivity index (χ2v) is 7.98. The minimum Gasteiger partial charge on any atom is -0.370 e. The van der Waals surface area contributed by atoms with Crippen molar-refractivity contribution >= 4 is 17.2 Å². The van der Waals surface area contributed by atoms with Crippen molar-refractivity contribution in [2.24, 2.45) is 0 Å². The second kappa shape index (κ2) is 11.0. The molecule has 1 aliphatic heterocycles. The molecule has 4 rings (SSSR count). The number of nitrogens with zero attached hydrogens (tertiary/aromatic N) is 5. The fraction of sp³-hybridized carbons (Fsp3) is 0.192. The van der Waals surface area contributed by atoms with Crippen molar-refractivity contribution in [1.29, 1.82) is 0 Å². The second-order valence-electron chi connectivity index (χ2n) is 7.98. The highest BCUT2D eigenvalue weighted by Gasteiger charge is 2.20. The highest BCUT2D eigenvalue weighted by molar-refractivity contribution is 5.94. The number of carbonyl (C=O) groups is 1. The third-order valence-electron chi connectivity index (χ3n) is 5.32. The smallest absolute Gasteiger partial charge is 0.267 e. The Balaban J connectivity index is 1.57. The number of aromatic nitrogens is 4. The molecule has 0 N–H and O–H groups in total. The van der Waals surface area contributed by atoms with Gasteiger partial charge in [-0.2, -0.15) is 5.10 Å². The van der Waals surface area contributed by atoms with Crippen LogP contribution in [0.5, 0.6) is 0 Å². The van der Waals surface area contributed by atoms with E-state index < -0.39 is 11.6 Å². The molecule has 1 aliphatic rings. The summed E-state index contributed by atoms with van der Waals surface area (Å²) in [4.78, 5) is 34.7. The fourth-order valence-electron chi connectivity index (χ4n) is 3.66. The molecule has 36 heavy (non-hydrogen) atoms. The molecule has 1 aromatic carbocycles. The van der Waals surface area contributed by atoms with Gasteiger partial charge in [0.1, 0.15) is 18.2 Å². The van der Waals surface area contributed by atoms with Crippen LogP contribution in [0.15, 0.2) is 77.9 Å². The summed E-state index contributed by atoms with van der Waals surface area (Å²) in [5.41, 5.74) is 1.82. The monoisotopic (exact) mass is 491 g/mol. The van der Waals surface area contributed by atoms with Gasteiger partial charge >= 0.3 is 0 Å². The number of allylic oxidation sites excluding steroid dienone is 5. The molecule has 0 atom stereocenters. The summed E-state index contributed by atoms with van der Waals surface area (Å²) in [6.07, 6.45) is 8.40. The number of morpholine rings is 1. The number of carbonyl (C=O) groups excluding carboxylic acids is 1. The Bertz CT molecular complexity index is 1390. The van der Waals surface area contributed by atoms with E-state index >= 15 is 0 Å². The summed E-state index contributed by atoms with van der Waals surface area (Å²) in [7, 11) is 0. The van der Waals surface area contributed by atoms with E-state index in [0.29, 0.717) is 35.8 Å². The number of amides is 1. The van der Waals surface area contributed by atoms with Gasteiger partial charge in [-0.15, -0.1) is 0 Å². The highest BCUT2D eigenvalue weighted by atomic mass is 19.1. The van der Waals surface area contributed by atoms with E-state index in [-0.39, 0.29) is 35.9 Å². The van der Waals surface area contributed by atoms with Crippen LogP contribution in [0.25, 0.3) is 16.8 Å². The average Bonchev–Trinajstić information content (AvgIpc) is 2.85. The molecule has 3 aromatic rings. The van der Waals surface area contributed by atoms with Crippen molar-refractivity contribution in [3.63, 3.8) is 0 Å². The zero-order valence-corrected chi connectivity index (χ0v) is 19.5. The van der Waals surface area contributed by atoms with E-state index in [1.807, 2.05) is 6.92 Å². The normalized spacial score (nSPS) is 14.5.